The van der Waals surface area contributed by atoms with Crippen molar-refractivity contribution in [2.75, 3.05) is 13.2 Å². The Morgan fingerprint density at radius 1 is 0.837 bits per heavy atom. The second-order valence-electron chi connectivity index (χ2n) is 16.5. The van der Waals surface area contributed by atoms with E-state index in [1.165, 1.54) is 0 Å². The molecule has 0 unspecified atom stereocenters. The third-order valence-corrected chi connectivity index (χ3v) is 16.7. The summed E-state index contributed by atoms with van der Waals surface area (Å²) in [4.78, 5) is 0. The van der Waals surface area contributed by atoms with Gasteiger partial charge < -0.3 is 38.0 Å². The van der Waals surface area contributed by atoms with E-state index in [4.69, 9.17) is 32.8 Å². The number of hydrogen-bond acceptors (Lipinski definition) is 8. The Morgan fingerprint density at radius 2 is 1.47 bits per heavy atom. The maximum absolute atomic E-state index is 10.1. The molecular weight excluding hydrogens is 637 g/mol. The molecule has 0 aromatic heterocycles. The second kappa shape index (κ2) is 15.1. The zero-order chi connectivity index (χ0) is 35.0. The molecule has 0 amide bonds. The van der Waals surface area contributed by atoms with E-state index in [1.807, 2.05) is 36.4 Å². The summed E-state index contributed by atoms with van der Waals surface area (Å²) in [7, 11) is -2.12. The van der Waals surface area contributed by atoms with Crippen molar-refractivity contribution in [2.24, 2.45) is 17.8 Å². The van der Waals surface area contributed by atoms with Crippen molar-refractivity contribution in [1.29, 1.82) is 0 Å². The average Bonchev–Trinajstić information content (AvgIpc) is 3.45. The van der Waals surface area contributed by atoms with Crippen LogP contribution in [0.4, 0.5) is 0 Å². The predicted octanol–water partition coefficient (Wildman–Crippen LogP) is 7.28. The van der Waals surface area contributed by atoms with Gasteiger partial charge in [-0.3, -0.25) is 0 Å². The molecule has 8 nitrogen and oxygen atoms in total. The molecule has 1 N–H and O–H groups in total. The lowest BCUT2D eigenvalue weighted by Gasteiger charge is -2.51. The molecule has 4 aliphatic heterocycles. The van der Waals surface area contributed by atoms with E-state index in [-0.39, 0.29) is 78.2 Å². The van der Waals surface area contributed by atoms with Gasteiger partial charge in [-0.05, 0) is 41.6 Å². The van der Waals surface area contributed by atoms with E-state index in [0.717, 1.165) is 11.1 Å². The summed E-state index contributed by atoms with van der Waals surface area (Å²) >= 11 is 0. The van der Waals surface area contributed by atoms with Gasteiger partial charge in [0.05, 0.1) is 62.5 Å². The van der Waals surface area contributed by atoms with Gasteiger partial charge in [0.15, 0.2) is 14.1 Å². The van der Waals surface area contributed by atoms with Crippen molar-refractivity contribution in [1.82, 2.24) is 0 Å². The molecule has 12 atom stereocenters. The van der Waals surface area contributed by atoms with Gasteiger partial charge in [-0.2, -0.15) is 0 Å². The molecule has 0 bridgehead atoms. The van der Waals surface area contributed by atoms with Crippen molar-refractivity contribution in [3.8, 4) is 0 Å². The molecule has 0 aliphatic carbocycles. The Kier molecular flexibility index (Phi) is 11.5. The number of benzene rings is 2. The molecule has 49 heavy (non-hydrogen) atoms. The van der Waals surface area contributed by atoms with Gasteiger partial charge in [-0.15, -0.1) is 0 Å². The summed E-state index contributed by atoms with van der Waals surface area (Å²) in [6.07, 6.45) is 0.0654. The minimum atomic E-state index is -2.12. The molecule has 272 valence electrons. The van der Waals surface area contributed by atoms with Crippen LogP contribution in [0.15, 0.2) is 60.7 Å². The predicted molar refractivity (Wildman–Crippen MR) is 191 cm³/mol. The zero-order valence-corrected chi connectivity index (χ0v) is 31.9. The molecule has 1 spiro atoms. The van der Waals surface area contributed by atoms with Gasteiger partial charge in [0.2, 0.25) is 0 Å². The second-order valence-corrected chi connectivity index (χ2v) is 21.3. The van der Waals surface area contributed by atoms with E-state index in [9.17, 15) is 5.11 Å². The smallest absolute Gasteiger partial charge is 0.192 e. The Bertz CT molecular complexity index is 1340. The molecule has 6 rings (SSSR count). The van der Waals surface area contributed by atoms with E-state index in [1.54, 1.807) is 0 Å². The van der Waals surface area contributed by atoms with Crippen molar-refractivity contribution in [3.63, 3.8) is 0 Å². The quantitative estimate of drug-likeness (QED) is 0.260. The largest absolute Gasteiger partial charge is 0.411 e. The van der Waals surface area contributed by atoms with Crippen molar-refractivity contribution in [3.05, 3.63) is 71.8 Å². The number of hydrogen-bond donors (Lipinski definition) is 1. The Hall–Kier alpha value is -1.66. The summed E-state index contributed by atoms with van der Waals surface area (Å²) in [5.74, 6) is -0.673. The van der Waals surface area contributed by atoms with Gasteiger partial charge >= 0.3 is 0 Å². The summed E-state index contributed by atoms with van der Waals surface area (Å²) in [6, 6.07) is 20.6. The van der Waals surface area contributed by atoms with Crippen LogP contribution in [0.2, 0.25) is 18.1 Å². The summed E-state index contributed by atoms with van der Waals surface area (Å²) in [6.45, 7) is 19.6. The highest BCUT2D eigenvalue weighted by Gasteiger charge is 2.61. The highest BCUT2D eigenvalue weighted by atomic mass is 28.4. The molecule has 4 aliphatic rings. The molecule has 2 aromatic rings. The fraction of sp³-hybridized carbons (Fsp3) is 0.700. The number of rotatable bonds is 10. The zero-order valence-electron chi connectivity index (χ0n) is 30.9. The van der Waals surface area contributed by atoms with Crippen LogP contribution in [0.3, 0.4) is 0 Å². The SMILES string of the molecule is C[C@@H]1[C@H]2O[C@@H](CCO)[C@H](O[Si](C)(C)C(C)(C)C)C[C@@H]2O[C@@H]2[C@@H](C)[C@H](C)[C@@]3(C[C@H](OCc4ccccc4)CO3)O[C@H]2[C@H]1OCc1ccccc1. The average molecular weight is 697 g/mol. The minimum absolute atomic E-state index is 0.0405. The lowest BCUT2D eigenvalue weighted by atomic mass is 9.75. The first-order chi connectivity index (χ1) is 23.3. The molecular formula is C40H60O8Si. The number of aliphatic hydroxyl groups excluding tert-OH is 1. The minimum Gasteiger partial charge on any atom is -0.411 e. The lowest BCUT2D eigenvalue weighted by Crippen LogP contribution is -2.61. The van der Waals surface area contributed by atoms with Crippen molar-refractivity contribution < 1.29 is 38.0 Å². The van der Waals surface area contributed by atoms with Crippen LogP contribution in [0.1, 0.15) is 71.9 Å². The molecule has 4 saturated heterocycles. The van der Waals surface area contributed by atoms with Crippen LogP contribution in [-0.2, 0) is 46.1 Å². The maximum Gasteiger partial charge on any atom is 0.192 e. The van der Waals surface area contributed by atoms with Gasteiger partial charge in [0.25, 0.3) is 0 Å². The van der Waals surface area contributed by atoms with Crippen LogP contribution >= 0.6 is 0 Å². The van der Waals surface area contributed by atoms with E-state index in [2.05, 4.69) is 78.9 Å². The fourth-order valence-corrected chi connectivity index (χ4v) is 9.42. The van der Waals surface area contributed by atoms with E-state index >= 15 is 0 Å². The molecule has 0 saturated carbocycles. The van der Waals surface area contributed by atoms with Crippen LogP contribution in [-0.4, -0.2) is 81.3 Å². The molecule has 2 aromatic carbocycles. The third kappa shape index (κ3) is 7.91. The third-order valence-electron chi connectivity index (χ3n) is 12.2. The van der Waals surface area contributed by atoms with Gasteiger partial charge in [0, 0.05) is 31.3 Å². The fourth-order valence-electron chi connectivity index (χ4n) is 8.06. The Morgan fingerprint density at radius 3 is 2.08 bits per heavy atom. The highest BCUT2D eigenvalue weighted by Crippen LogP contribution is 2.51. The summed E-state index contributed by atoms with van der Waals surface area (Å²) in [5, 5.41) is 10.2. The number of ether oxygens (including phenoxy) is 6. The van der Waals surface area contributed by atoms with E-state index < -0.39 is 14.1 Å². The first-order valence-electron chi connectivity index (χ1n) is 18.5. The van der Waals surface area contributed by atoms with Crippen LogP contribution in [0.5, 0.6) is 0 Å². The van der Waals surface area contributed by atoms with Gasteiger partial charge in [0.1, 0.15) is 6.10 Å². The first-order valence-corrected chi connectivity index (χ1v) is 21.4. The lowest BCUT2D eigenvalue weighted by molar-refractivity contribution is -0.341. The van der Waals surface area contributed by atoms with E-state index in [0.29, 0.717) is 39.1 Å². The van der Waals surface area contributed by atoms with Crippen LogP contribution in [0, 0.1) is 17.8 Å². The topological polar surface area (TPSA) is 84.8 Å². The maximum atomic E-state index is 10.1. The molecule has 4 fully saturated rings. The van der Waals surface area contributed by atoms with Crippen molar-refractivity contribution >= 4 is 8.32 Å². The number of aliphatic hydroxyl groups is 1. The standard InChI is InChI=1S/C40H60O8Si/c1-26-28(3)40(22-31(25-44-40)42-23-29-15-11-9-12-16-29)47-38-36(43-24-30-17-13-10-14-18-30)27(2)35-34(46-37(26)38)21-33(32(45-35)19-20-41)48-49(7,8)39(4,5)6/h9-18,26-28,31-38,41H,19-25H2,1-8H3/t26-,27+,28-,31-,32-,33+,34-,35+,36-,37+,38-,40+/m0/s1. The normalized spacial score (nSPS) is 38.2. The Labute approximate surface area is 295 Å². The molecule has 4 heterocycles. The van der Waals surface area contributed by atoms with Crippen LogP contribution < -0.4 is 0 Å². The monoisotopic (exact) mass is 696 g/mol. The Balaban J connectivity index is 1.27. The van der Waals surface area contributed by atoms with Gasteiger partial charge in [-0.1, -0.05) is 102 Å². The molecule has 0 radical (unpaired) electrons. The highest BCUT2D eigenvalue weighted by molar-refractivity contribution is 6.74. The van der Waals surface area contributed by atoms with Crippen molar-refractivity contribution in [2.45, 2.75) is 147 Å². The van der Waals surface area contributed by atoms with Gasteiger partial charge in [-0.25, -0.2) is 0 Å². The summed E-state index contributed by atoms with van der Waals surface area (Å²) in [5.41, 5.74) is 2.25. The summed E-state index contributed by atoms with van der Waals surface area (Å²) < 4.78 is 48.3. The number of fused-ring (bicyclic) bond motifs is 2. The van der Waals surface area contributed by atoms with Crippen LogP contribution in [0.25, 0.3) is 0 Å². The molecule has 9 heteroatoms. The first kappa shape index (κ1) is 37.1.